The molecule has 2 aromatic rings. The Balaban J connectivity index is 1.57. The summed E-state index contributed by atoms with van der Waals surface area (Å²) in [7, 11) is -3.29. The van der Waals surface area contributed by atoms with Gasteiger partial charge in [0.1, 0.15) is 17.3 Å². The number of hydrogen-bond acceptors (Lipinski definition) is 5. The van der Waals surface area contributed by atoms with Crippen molar-refractivity contribution in [3.8, 4) is 5.75 Å². The second-order valence-corrected chi connectivity index (χ2v) is 9.35. The molecule has 0 aliphatic carbocycles. The van der Waals surface area contributed by atoms with Crippen LogP contribution in [0.1, 0.15) is 42.8 Å². The van der Waals surface area contributed by atoms with E-state index in [0.717, 1.165) is 5.75 Å². The topological polar surface area (TPSA) is 76.8 Å². The number of benzene rings is 1. The number of rotatable bonds is 6. The van der Waals surface area contributed by atoms with Gasteiger partial charge in [-0.25, -0.2) is 8.42 Å². The maximum absolute atomic E-state index is 12.7. The Labute approximate surface area is 160 Å². The maximum Gasteiger partial charge on any atom is 0.253 e. The summed E-state index contributed by atoms with van der Waals surface area (Å²) in [6, 6.07) is 10.4. The lowest BCUT2D eigenvalue weighted by molar-refractivity contribution is 0.0725. The van der Waals surface area contributed by atoms with Gasteiger partial charge in [-0.15, -0.1) is 0 Å². The van der Waals surface area contributed by atoms with E-state index in [1.54, 1.807) is 41.3 Å². The van der Waals surface area contributed by atoms with E-state index in [2.05, 4.69) is 0 Å². The fraction of sp³-hybridized carbons (Fsp3) is 0.450. The number of ether oxygens (including phenoxy) is 1. The molecule has 1 aliphatic heterocycles. The van der Waals surface area contributed by atoms with Crippen LogP contribution in [-0.4, -0.2) is 43.7 Å². The fourth-order valence-corrected chi connectivity index (χ4v) is 4.99. The normalized spacial score (nSPS) is 15.9. The van der Waals surface area contributed by atoms with Gasteiger partial charge < -0.3 is 14.1 Å². The number of amides is 1. The van der Waals surface area contributed by atoms with Gasteiger partial charge in [-0.1, -0.05) is 0 Å². The highest BCUT2D eigenvalue weighted by Gasteiger charge is 2.32. The van der Waals surface area contributed by atoms with Gasteiger partial charge in [0.15, 0.2) is 9.84 Å². The average molecular weight is 391 g/mol. The Morgan fingerprint density at radius 2 is 1.85 bits per heavy atom. The summed E-state index contributed by atoms with van der Waals surface area (Å²) in [5, 5.41) is -0.437. The van der Waals surface area contributed by atoms with Crippen molar-refractivity contribution in [3.63, 3.8) is 0 Å². The van der Waals surface area contributed by atoms with Crippen LogP contribution in [-0.2, 0) is 15.6 Å². The molecule has 0 radical (unpaired) electrons. The number of nitrogens with zero attached hydrogens (tertiary/aromatic N) is 1. The summed E-state index contributed by atoms with van der Waals surface area (Å²) in [5.74, 6) is 1.02. The van der Waals surface area contributed by atoms with Crippen molar-refractivity contribution in [1.29, 1.82) is 0 Å². The third-order valence-electron chi connectivity index (χ3n) is 4.63. The number of carbonyl (C=O) groups excluding carboxylic acids is 1. The van der Waals surface area contributed by atoms with Crippen LogP contribution < -0.4 is 4.74 Å². The lowest BCUT2D eigenvalue weighted by Crippen LogP contribution is -2.42. The van der Waals surface area contributed by atoms with E-state index >= 15 is 0 Å². The van der Waals surface area contributed by atoms with Crippen molar-refractivity contribution < 1.29 is 22.4 Å². The molecular weight excluding hydrogens is 366 g/mol. The van der Waals surface area contributed by atoms with Crippen LogP contribution in [0.3, 0.4) is 0 Å². The summed E-state index contributed by atoms with van der Waals surface area (Å²) >= 11 is 0. The standard InChI is InChI=1S/C20H25NO5S/c1-15(2)26-17-7-5-16(6-8-17)20(22)21-11-9-19(10-12-21)27(23,24)14-18-4-3-13-25-18/h3-8,13,15,19H,9-12,14H2,1-2H3. The van der Waals surface area contributed by atoms with Crippen LogP contribution in [0, 0.1) is 0 Å². The molecule has 0 bridgehead atoms. The second-order valence-electron chi connectivity index (χ2n) is 7.07. The Kier molecular flexibility index (Phi) is 5.89. The number of furan rings is 1. The van der Waals surface area contributed by atoms with Crippen molar-refractivity contribution in [1.82, 2.24) is 4.90 Å². The van der Waals surface area contributed by atoms with E-state index in [1.807, 2.05) is 13.8 Å². The van der Waals surface area contributed by atoms with Crippen LogP contribution in [0.2, 0.25) is 0 Å². The highest BCUT2D eigenvalue weighted by atomic mass is 32.2. The molecule has 0 atom stereocenters. The van der Waals surface area contributed by atoms with Gasteiger partial charge in [0.25, 0.3) is 5.91 Å². The zero-order valence-corrected chi connectivity index (χ0v) is 16.4. The van der Waals surface area contributed by atoms with Crippen molar-refractivity contribution >= 4 is 15.7 Å². The zero-order valence-electron chi connectivity index (χ0n) is 15.6. The summed E-state index contributed by atoms with van der Waals surface area (Å²) in [6.07, 6.45) is 2.45. The molecule has 1 saturated heterocycles. The first-order valence-corrected chi connectivity index (χ1v) is 10.9. The number of likely N-dealkylation sites (tertiary alicyclic amines) is 1. The van der Waals surface area contributed by atoms with Gasteiger partial charge in [-0.3, -0.25) is 4.79 Å². The Morgan fingerprint density at radius 3 is 2.41 bits per heavy atom. The fourth-order valence-electron chi connectivity index (χ4n) is 3.26. The minimum absolute atomic E-state index is 0.0759. The predicted molar refractivity (Wildman–Crippen MR) is 102 cm³/mol. The molecule has 7 heteroatoms. The van der Waals surface area contributed by atoms with Gasteiger partial charge in [0, 0.05) is 18.7 Å². The average Bonchev–Trinajstić information content (AvgIpc) is 3.14. The number of hydrogen-bond donors (Lipinski definition) is 0. The summed E-state index contributed by atoms with van der Waals surface area (Å²) in [5.41, 5.74) is 0.586. The van der Waals surface area contributed by atoms with E-state index in [4.69, 9.17) is 9.15 Å². The van der Waals surface area contributed by atoms with Crippen LogP contribution in [0.4, 0.5) is 0 Å². The largest absolute Gasteiger partial charge is 0.491 e. The van der Waals surface area contributed by atoms with Crippen LogP contribution in [0.5, 0.6) is 5.75 Å². The molecule has 27 heavy (non-hydrogen) atoms. The third kappa shape index (κ3) is 4.91. The van der Waals surface area contributed by atoms with Crippen molar-refractivity contribution in [3.05, 3.63) is 54.0 Å². The summed E-state index contributed by atoms with van der Waals surface area (Å²) in [6.45, 7) is 4.77. The Hall–Kier alpha value is -2.28. The van der Waals surface area contributed by atoms with Gasteiger partial charge in [-0.2, -0.15) is 0 Å². The van der Waals surface area contributed by atoms with E-state index < -0.39 is 15.1 Å². The molecule has 3 rings (SSSR count). The van der Waals surface area contributed by atoms with Gasteiger partial charge in [0.05, 0.1) is 17.6 Å². The molecule has 2 heterocycles. The van der Waals surface area contributed by atoms with Gasteiger partial charge >= 0.3 is 0 Å². The van der Waals surface area contributed by atoms with E-state index in [9.17, 15) is 13.2 Å². The molecular formula is C20H25NO5S. The van der Waals surface area contributed by atoms with E-state index in [-0.39, 0.29) is 17.8 Å². The Bertz CT molecular complexity index is 848. The molecule has 1 aromatic carbocycles. The van der Waals surface area contributed by atoms with E-state index in [1.165, 1.54) is 6.26 Å². The number of carbonyl (C=O) groups is 1. The second kappa shape index (κ2) is 8.17. The molecule has 6 nitrogen and oxygen atoms in total. The minimum atomic E-state index is -3.29. The van der Waals surface area contributed by atoms with Crippen LogP contribution >= 0.6 is 0 Å². The molecule has 146 valence electrons. The van der Waals surface area contributed by atoms with E-state index in [0.29, 0.717) is 37.3 Å². The lowest BCUT2D eigenvalue weighted by Gasteiger charge is -2.31. The highest BCUT2D eigenvalue weighted by molar-refractivity contribution is 7.91. The molecule has 0 saturated carbocycles. The van der Waals surface area contributed by atoms with Gasteiger partial charge in [0.2, 0.25) is 0 Å². The first-order valence-electron chi connectivity index (χ1n) is 9.15. The maximum atomic E-state index is 12.7. The number of sulfone groups is 1. The van der Waals surface area contributed by atoms with Crippen LogP contribution in [0.25, 0.3) is 0 Å². The predicted octanol–water partition coefficient (Wildman–Crippen LogP) is 3.29. The monoisotopic (exact) mass is 391 g/mol. The molecule has 0 spiro atoms. The SMILES string of the molecule is CC(C)Oc1ccc(C(=O)N2CCC(S(=O)(=O)Cc3ccco3)CC2)cc1. The van der Waals surface area contributed by atoms with Crippen molar-refractivity contribution in [2.24, 2.45) is 0 Å². The first kappa shape index (κ1) is 19.5. The lowest BCUT2D eigenvalue weighted by atomic mass is 10.1. The van der Waals surface area contributed by atoms with Crippen molar-refractivity contribution in [2.75, 3.05) is 13.1 Å². The first-order chi connectivity index (χ1) is 12.8. The third-order valence-corrected chi connectivity index (χ3v) is 6.81. The molecule has 1 fully saturated rings. The summed E-state index contributed by atoms with van der Waals surface area (Å²) in [4.78, 5) is 14.4. The van der Waals surface area contributed by atoms with Gasteiger partial charge in [-0.05, 0) is 63.1 Å². The summed E-state index contributed by atoms with van der Waals surface area (Å²) < 4.78 is 35.8. The molecule has 0 unspecified atom stereocenters. The Morgan fingerprint density at radius 1 is 1.19 bits per heavy atom. The molecule has 1 amide bonds. The molecule has 0 N–H and O–H groups in total. The highest BCUT2D eigenvalue weighted by Crippen LogP contribution is 2.23. The van der Waals surface area contributed by atoms with Crippen LogP contribution in [0.15, 0.2) is 47.1 Å². The smallest absolute Gasteiger partial charge is 0.253 e. The molecule has 1 aliphatic rings. The quantitative estimate of drug-likeness (QED) is 0.755. The van der Waals surface area contributed by atoms with Crippen molar-refractivity contribution in [2.45, 2.75) is 43.8 Å². The molecule has 1 aromatic heterocycles. The zero-order chi connectivity index (χ0) is 19.4. The number of piperidine rings is 1. The minimum Gasteiger partial charge on any atom is -0.491 e.